The molecule has 4 heteroatoms. The molecule has 0 saturated heterocycles. The van der Waals surface area contributed by atoms with Gasteiger partial charge in [0.05, 0.1) is 18.8 Å². The summed E-state index contributed by atoms with van der Waals surface area (Å²) in [5.41, 5.74) is 0.830. The average molecular weight is 244 g/mol. The van der Waals surface area contributed by atoms with E-state index in [1.165, 1.54) is 0 Å². The lowest BCUT2D eigenvalue weighted by Crippen LogP contribution is -2.07. The molecule has 1 heterocycles. The summed E-state index contributed by atoms with van der Waals surface area (Å²) >= 11 is 0. The van der Waals surface area contributed by atoms with Gasteiger partial charge in [0.15, 0.2) is 17.3 Å². The third-order valence-corrected chi connectivity index (χ3v) is 2.35. The number of ether oxygens (including phenoxy) is 2. The topological polar surface area (TPSA) is 44.2 Å². The third kappa shape index (κ3) is 2.59. The van der Waals surface area contributed by atoms with Crippen LogP contribution in [0, 0.1) is 0 Å². The molecule has 0 spiro atoms. The molecule has 2 rings (SSSR count). The molecule has 0 radical (unpaired) electrons. The molecule has 0 N–H and O–H groups in total. The summed E-state index contributed by atoms with van der Waals surface area (Å²) in [5.74, 6) is 2.00. The predicted octanol–water partition coefficient (Wildman–Crippen LogP) is 2.94. The summed E-state index contributed by atoms with van der Waals surface area (Å²) in [6, 6.07) is 7.49. The molecule has 0 aliphatic heterocycles. The fourth-order valence-corrected chi connectivity index (χ4v) is 1.69. The minimum absolute atomic E-state index is 0.0887. The van der Waals surface area contributed by atoms with Crippen LogP contribution in [-0.2, 0) is 0 Å². The van der Waals surface area contributed by atoms with Gasteiger partial charge < -0.3 is 9.47 Å². The Labute approximate surface area is 107 Å². The van der Waals surface area contributed by atoms with Gasteiger partial charge in [-0.1, -0.05) is 6.07 Å². The average Bonchev–Trinajstić information content (AvgIpc) is 2.39. The van der Waals surface area contributed by atoms with Crippen LogP contribution in [-0.4, -0.2) is 23.2 Å². The van der Waals surface area contributed by atoms with Crippen molar-refractivity contribution in [3.63, 3.8) is 0 Å². The maximum absolute atomic E-state index is 5.72. The van der Waals surface area contributed by atoms with Crippen molar-refractivity contribution in [1.82, 2.24) is 9.97 Å². The molecular formula is C14H16N2O2. The molecule has 0 bridgehead atoms. The highest BCUT2D eigenvalue weighted by molar-refractivity contribution is 5.68. The fraction of sp³-hybridized carbons (Fsp3) is 0.286. The number of hydrogen-bond donors (Lipinski definition) is 0. The van der Waals surface area contributed by atoms with Crippen molar-refractivity contribution in [2.24, 2.45) is 0 Å². The molecule has 0 amide bonds. The number of nitrogens with zero attached hydrogens (tertiary/aromatic N) is 2. The Morgan fingerprint density at radius 2 is 1.78 bits per heavy atom. The van der Waals surface area contributed by atoms with Gasteiger partial charge >= 0.3 is 0 Å². The lowest BCUT2D eigenvalue weighted by molar-refractivity contribution is 0.230. The molecule has 2 aromatic rings. The zero-order valence-electron chi connectivity index (χ0n) is 10.8. The van der Waals surface area contributed by atoms with Crippen molar-refractivity contribution < 1.29 is 9.47 Å². The summed E-state index contributed by atoms with van der Waals surface area (Å²) in [7, 11) is 1.62. The van der Waals surface area contributed by atoms with Crippen LogP contribution in [0.1, 0.15) is 13.8 Å². The molecule has 1 aromatic heterocycles. The molecule has 0 aliphatic carbocycles. The molecule has 0 saturated carbocycles. The van der Waals surface area contributed by atoms with Crippen LogP contribution in [0.15, 0.2) is 36.7 Å². The van der Waals surface area contributed by atoms with Crippen LogP contribution in [0.4, 0.5) is 0 Å². The van der Waals surface area contributed by atoms with Gasteiger partial charge in [-0.2, -0.15) is 0 Å². The van der Waals surface area contributed by atoms with Gasteiger partial charge in [-0.25, -0.2) is 9.97 Å². The highest BCUT2D eigenvalue weighted by atomic mass is 16.5. The Hall–Kier alpha value is -2.10. The van der Waals surface area contributed by atoms with E-state index in [2.05, 4.69) is 9.97 Å². The van der Waals surface area contributed by atoms with E-state index in [0.29, 0.717) is 17.3 Å². The first-order valence-corrected chi connectivity index (χ1v) is 5.83. The fourth-order valence-electron chi connectivity index (χ4n) is 1.69. The van der Waals surface area contributed by atoms with E-state index in [0.717, 1.165) is 5.56 Å². The Balaban J connectivity index is 2.48. The standard InChI is InChI=1S/C14H16N2O2/c1-10(2)18-12-7-4-6-11(13(12)17-3)14-15-8-5-9-16-14/h4-10H,1-3H3. The molecule has 0 fully saturated rings. The van der Waals surface area contributed by atoms with Crippen LogP contribution in [0.5, 0.6) is 11.5 Å². The van der Waals surface area contributed by atoms with E-state index in [9.17, 15) is 0 Å². The highest BCUT2D eigenvalue weighted by Gasteiger charge is 2.14. The van der Waals surface area contributed by atoms with E-state index in [1.54, 1.807) is 25.6 Å². The largest absolute Gasteiger partial charge is 0.492 e. The molecule has 0 aliphatic rings. The first kappa shape index (κ1) is 12.4. The van der Waals surface area contributed by atoms with Gasteiger partial charge in [0.2, 0.25) is 0 Å². The van der Waals surface area contributed by atoms with Crippen molar-refractivity contribution in [3.05, 3.63) is 36.7 Å². The Morgan fingerprint density at radius 1 is 1.06 bits per heavy atom. The normalized spacial score (nSPS) is 10.4. The summed E-state index contributed by atoms with van der Waals surface area (Å²) in [4.78, 5) is 8.46. The van der Waals surface area contributed by atoms with Crippen molar-refractivity contribution >= 4 is 0 Å². The molecule has 0 atom stereocenters. The lowest BCUT2D eigenvalue weighted by atomic mass is 10.1. The van der Waals surface area contributed by atoms with Gasteiger partial charge in [-0.05, 0) is 32.0 Å². The van der Waals surface area contributed by atoms with Crippen LogP contribution < -0.4 is 9.47 Å². The first-order valence-electron chi connectivity index (χ1n) is 5.83. The summed E-state index contributed by atoms with van der Waals surface area (Å²) in [5, 5.41) is 0. The van der Waals surface area contributed by atoms with Crippen molar-refractivity contribution in [3.8, 4) is 22.9 Å². The maximum Gasteiger partial charge on any atom is 0.171 e. The van der Waals surface area contributed by atoms with E-state index in [1.807, 2.05) is 32.0 Å². The Bertz CT molecular complexity index is 512. The minimum atomic E-state index is 0.0887. The summed E-state index contributed by atoms with van der Waals surface area (Å²) in [6.45, 7) is 3.95. The molecular weight excluding hydrogens is 228 g/mol. The van der Waals surface area contributed by atoms with Gasteiger partial charge in [-0.15, -0.1) is 0 Å². The molecule has 1 aromatic carbocycles. The quantitative estimate of drug-likeness (QED) is 0.829. The predicted molar refractivity (Wildman–Crippen MR) is 69.8 cm³/mol. The maximum atomic E-state index is 5.72. The second-order valence-electron chi connectivity index (χ2n) is 4.08. The Morgan fingerprint density at radius 3 is 2.39 bits per heavy atom. The number of methoxy groups -OCH3 is 1. The molecule has 0 unspecified atom stereocenters. The monoisotopic (exact) mass is 244 g/mol. The SMILES string of the molecule is COc1c(OC(C)C)cccc1-c1ncccn1. The lowest BCUT2D eigenvalue weighted by Gasteiger charge is -2.15. The Kier molecular flexibility index (Phi) is 3.77. The highest BCUT2D eigenvalue weighted by Crippen LogP contribution is 2.36. The minimum Gasteiger partial charge on any atom is -0.492 e. The van der Waals surface area contributed by atoms with Gasteiger partial charge in [0, 0.05) is 12.4 Å². The molecule has 94 valence electrons. The van der Waals surface area contributed by atoms with Crippen molar-refractivity contribution in [2.75, 3.05) is 7.11 Å². The zero-order chi connectivity index (χ0) is 13.0. The van der Waals surface area contributed by atoms with E-state index >= 15 is 0 Å². The molecule has 4 nitrogen and oxygen atoms in total. The summed E-state index contributed by atoms with van der Waals surface area (Å²) in [6.07, 6.45) is 3.50. The van der Waals surface area contributed by atoms with Crippen LogP contribution in [0.25, 0.3) is 11.4 Å². The summed E-state index contributed by atoms with van der Waals surface area (Å²) < 4.78 is 11.1. The van der Waals surface area contributed by atoms with Gasteiger partial charge in [-0.3, -0.25) is 0 Å². The van der Waals surface area contributed by atoms with Crippen molar-refractivity contribution in [1.29, 1.82) is 0 Å². The second kappa shape index (κ2) is 5.49. The number of hydrogen-bond acceptors (Lipinski definition) is 4. The van der Waals surface area contributed by atoms with Crippen LogP contribution >= 0.6 is 0 Å². The third-order valence-electron chi connectivity index (χ3n) is 2.35. The van der Waals surface area contributed by atoms with E-state index < -0.39 is 0 Å². The van der Waals surface area contributed by atoms with E-state index in [4.69, 9.17) is 9.47 Å². The zero-order valence-corrected chi connectivity index (χ0v) is 10.8. The smallest absolute Gasteiger partial charge is 0.171 e. The number of benzene rings is 1. The van der Waals surface area contributed by atoms with Gasteiger partial charge in [0.1, 0.15) is 0 Å². The van der Waals surface area contributed by atoms with Crippen LogP contribution in [0.3, 0.4) is 0 Å². The van der Waals surface area contributed by atoms with Gasteiger partial charge in [0.25, 0.3) is 0 Å². The number of rotatable bonds is 4. The number of para-hydroxylation sites is 1. The number of aromatic nitrogens is 2. The van der Waals surface area contributed by atoms with Crippen molar-refractivity contribution in [2.45, 2.75) is 20.0 Å². The second-order valence-corrected chi connectivity index (χ2v) is 4.08. The van der Waals surface area contributed by atoms with E-state index in [-0.39, 0.29) is 6.10 Å². The van der Waals surface area contributed by atoms with Crippen LogP contribution in [0.2, 0.25) is 0 Å². The molecule has 18 heavy (non-hydrogen) atoms. The first-order chi connectivity index (χ1) is 8.72.